The van der Waals surface area contributed by atoms with Crippen molar-refractivity contribution in [3.05, 3.63) is 46.9 Å². The Bertz CT molecular complexity index is 893. The van der Waals surface area contributed by atoms with Gasteiger partial charge in [-0.25, -0.2) is 9.97 Å². The number of methoxy groups -OCH3 is 1. The number of anilines is 1. The average molecular weight is 396 g/mol. The Balaban J connectivity index is 1.59. The molecule has 0 N–H and O–H groups in total. The van der Waals surface area contributed by atoms with E-state index in [4.69, 9.17) is 9.72 Å². The lowest BCUT2D eigenvalue weighted by Gasteiger charge is -2.37. The van der Waals surface area contributed by atoms with Gasteiger partial charge < -0.3 is 19.4 Å². The minimum absolute atomic E-state index is 0.0249. The molecule has 29 heavy (non-hydrogen) atoms. The number of carbonyl (C=O) groups excluding carboxylic acids is 1. The molecule has 0 bridgehead atoms. The number of rotatable bonds is 4. The third-order valence-electron chi connectivity index (χ3n) is 5.87. The highest BCUT2D eigenvalue weighted by Crippen LogP contribution is 2.28. The van der Waals surface area contributed by atoms with Crippen LogP contribution in [0.1, 0.15) is 34.4 Å². The number of ether oxygens (including phenoxy) is 1. The molecule has 1 saturated heterocycles. The van der Waals surface area contributed by atoms with Crippen molar-refractivity contribution >= 4 is 11.7 Å². The molecule has 0 radical (unpaired) electrons. The zero-order chi connectivity index (χ0) is 20.4. The van der Waals surface area contributed by atoms with E-state index in [1.807, 2.05) is 30.0 Å². The largest absolute Gasteiger partial charge is 0.497 e. The van der Waals surface area contributed by atoms with Crippen molar-refractivity contribution < 1.29 is 9.53 Å². The van der Waals surface area contributed by atoms with Crippen molar-refractivity contribution in [1.82, 2.24) is 19.8 Å². The summed E-state index contributed by atoms with van der Waals surface area (Å²) in [5.41, 5.74) is 2.84. The molecule has 1 aromatic heterocycles. The molecule has 7 heteroatoms. The minimum atomic E-state index is 0.0249. The summed E-state index contributed by atoms with van der Waals surface area (Å²) in [5.74, 6) is 2.54. The van der Waals surface area contributed by atoms with E-state index in [-0.39, 0.29) is 5.91 Å². The number of amides is 1. The van der Waals surface area contributed by atoms with Crippen molar-refractivity contribution in [2.75, 3.05) is 51.3 Å². The number of piperazine rings is 1. The van der Waals surface area contributed by atoms with Crippen LogP contribution in [0, 0.1) is 6.92 Å². The Morgan fingerprint density at radius 1 is 1.14 bits per heavy atom. The number of likely N-dealkylation sites (N-methyl/N-ethyl adjacent to an activating group) is 1. The molecule has 7 nitrogen and oxygen atoms in total. The predicted octanol–water partition coefficient (Wildman–Crippen LogP) is 2.13. The second-order valence-corrected chi connectivity index (χ2v) is 7.65. The zero-order valence-corrected chi connectivity index (χ0v) is 17.5. The van der Waals surface area contributed by atoms with Gasteiger partial charge in [-0.05, 0) is 31.7 Å². The van der Waals surface area contributed by atoms with Crippen LogP contribution in [0.15, 0.2) is 24.3 Å². The third kappa shape index (κ3) is 4.05. The van der Waals surface area contributed by atoms with Crippen LogP contribution in [0.4, 0.5) is 5.82 Å². The highest BCUT2D eigenvalue weighted by Gasteiger charge is 2.29. The van der Waals surface area contributed by atoms with Crippen LogP contribution in [0.25, 0.3) is 0 Å². The van der Waals surface area contributed by atoms with Crippen molar-refractivity contribution in [2.45, 2.75) is 26.8 Å². The standard InChI is InChI=1S/C22H29N5O2/c1-4-25-10-12-26(13-11-25)21-19-15-27(9-8-20(19)23-16(2)24-21)22(28)17-6-5-7-18(14-17)29-3/h5-7,14H,4,8-13,15H2,1-3H3. The molecule has 0 saturated carbocycles. The molecule has 0 atom stereocenters. The van der Waals surface area contributed by atoms with Gasteiger partial charge in [0.1, 0.15) is 17.4 Å². The molecule has 3 heterocycles. The quantitative estimate of drug-likeness (QED) is 0.790. The van der Waals surface area contributed by atoms with Gasteiger partial charge in [-0.3, -0.25) is 4.79 Å². The number of nitrogens with zero attached hydrogens (tertiary/aromatic N) is 5. The van der Waals surface area contributed by atoms with Gasteiger partial charge in [0.25, 0.3) is 5.91 Å². The van der Waals surface area contributed by atoms with Crippen molar-refractivity contribution in [1.29, 1.82) is 0 Å². The zero-order valence-electron chi connectivity index (χ0n) is 17.5. The van der Waals surface area contributed by atoms with E-state index in [2.05, 4.69) is 21.7 Å². The summed E-state index contributed by atoms with van der Waals surface area (Å²) in [6.45, 7) is 10.5. The fraction of sp³-hybridized carbons (Fsp3) is 0.500. The summed E-state index contributed by atoms with van der Waals surface area (Å²) in [7, 11) is 1.62. The van der Waals surface area contributed by atoms with Crippen molar-refractivity contribution in [3.63, 3.8) is 0 Å². The van der Waals surface area contributed by atoms with Crippen LogP contribution >= 0.6 is 0 Å². The average Bonchev–Trinajstić information content (AvgIpc) is 2.77. The molecule has 1 amide bonds. The van der Waals surface area contributed by atoms with Gasteiger partial charge >= 0.3 is 0 Å². The molecule has 1 fully saturated rings. The van der Waals surface area contributed by atoms with E-state index in [9.17, 15) is 4.79 Å². The summed E-state index contributed by atoms with van der Waals surface area (Å²) in [6.07, 6.45) is 0.760. The number of benzene rings is 1. The van der Waals surface area contributed by atoms with Gasteiger partial charge in [-0.1, -0.05) is 13.0 Å². The Labute approximate surface area is 172 Å². The molecular formula is C22H29N5O2. The number of hydrogen-bond acceptors (Lipinski definition) is 6. The van der Waals surface area contributed by atoms with E-state index in [1.54, 1.807) is 13.2 Å². The molecule has 0 aliphatic carbocycles. The highest BCUT2D eigenvalue weighted by atomic mass is 16.5. The first-order chi connectivity index (χ1) is 14.1. The maximum absolute atomic E-state index is 13.1. The lowest BCUT2D eigenvalue weighted by Crippen LogP contribution is -2.47. The number of fused-ring (bicyclic) bond motifs is 1. The molecule has 2 aliphatic heterocycles. The molecule has 4 rings (SSSR count). The lowest BCUT2D eigenvalue weighted by atomic mass is 10.0. The summed E-state index contributed by atoms with van der Waals surface area (Å²) in [6, 6.07) is 7.35. The van der Waals surface area contributed by atoms with Gasteiger partial charge in [-0.15, -0.1) is 0 Å². The number of aryl methyl sites for hydroxylation is 1. The first kappa shape index (κ1) is 19.6. The summed E-state index contributed by atoms with van der Waals surface area (Å²) < 4.78 is 5.28. The van der Waals surface area contributed by atoms with Crippen LogP contribution in [0.3, 0.4) is 0 Å². The number of carbonyl (C=O) groups is 1. The molecule has 2 aromatic rings. The first-order valence-corrected chi connectivity index (χ1v) is 10.4. The van der Waals surface area contributed by atoms with E-state index < -0.39 is 0 Å². The molecule has 1 aromatic carbocycles. The van der Waals surface area contributed by atoms with E-state index >= 15 is 0 Å². The minimum Gasteiger partial charge on any atom is -0.497 e. The molecular weight excluding hydrogens is 366 g/mol. The Kier molecular flexibility index (Phi) is 5.67. The number of hydrogen-bond donors (Lipinski definition) is 0. The van der Waals surface area contributed by atoms with Gasteiger partial charge in [0.2, 0.25) is 0 Å². The fourth-order valence-electron chi connectivity index (χ4n) is 4.17. The molecule has 2 aliphatic rings. The monoisotopic (exact) mass is 395 g/mol. The SMILES string of the molecule is CCN1CCN(c2nc(C)nc3c2CN(C(=O)c2cccc(OC)c2)CC3)CC1. The smallest absolute Gasteiger partial charge is 0.254 e. The van der Waals surface area contributed by atoms with Crippen molar-refractivity contribution in [3.8, 4) is 5.75 Å². The Hall–Kier alpha value is -2.67. The Morgan fingerprint density at radius 3 is 2.66 bits per heavy atom. The van der Waals surface area contributed by atoms with Crippen LogP contribution in [0.2, 0.25) is 0 Å². The van der Waals surface area contributed by atoms with E-state index in [0.29, 0.717) is 24.4 Å². The summed E-state index contributed by atoms with van der Waals surface area (Å²) in [4.78, 5) is 29.3. The maximum Gasteiger partial charge on any atom is 0.254 e. The summed E-state index contributed by atoms with van der Waals surface area (Å²) in [5, 5.41) is 0. The van der Waals surface area contributed by atoms with Gasteiger partial charge in [0.05, 0.1) is 19.3 Å². The van der Waals surface area contributed by atoms with Crippen LogP contribution in [-0.2, 0) is 13.0 Å². The van der Waals surface area contributed by atoms with Gasteiger partial charge in [0.15, 0.2) is 0 Å². The molecule has 0 spiro atoms. The summed E-state index contributed by atoms with van der Waals surface area (Å²) >= 11 is 0. The fourth-order valence-corrected chi connectivity index (χ4v) is 4.17. The molecule has 154 valence electrons. The van der Waals surface area contributed by atoms with Gasteiger partial charge in [0, 0.05) is 50.3 Å². The first-order valence-electron chi connectivity index (χ1n) is 10.4. The molecule has 0 unspecified atom stereocenters. The second kappa shape index (κ2) is 8.37. The third-order valence-corrected chi connectivity index (χ3v) is 5.87. The van der Waals surface area contributed by atoms with E-state index in [1.165, 1.54) is 0 Å². The van der Waals surface area contributed by atoms with Crippen LogP contribution in [-0.4, -0.2) is 72.1 Å². The predicted molar refractivity (Wildman–Crippen MR) is 113 cm³/mol. The van der Waals surface area contributed by atoms with Gasteiger partial charge in [-0.2, -0.15) is 0 Å². The normalized spacial score (nSPS) is 17.2. The maximum atomic E-state index is 13.1. The van der Waals surface area contributed by atoms with Crippen LogP contribution in [0.5, 0.6) is 5.75 Å². The van der Waals surface area contributed by atoms with Crippen molar-refractivity contribution in [2.24, 2.45) is 0 Å². The lowest BCUT2D eigenvalue weighted by molar-refractivity contribution is 0.0733. The number of aromatic nitrogens is 2. The van der Waals surface area contributed by atoms with Crippen LogP contribution < -0.4 is 9.64 Å². The Morgan fingerprint density at radius 2 is 1.93 bits per heavy atom. The highest BCUT2D eigenvalue weighted by molar-refractivity contribution is 5.94. The second-order valence-electron chi connectivity index (χ2n) is 7.65. The topological polar surface area (TPSA) is 61.8 Å². The van der Waals surface area contributed by atoms with E-state index in [0.717, 1.165) is 62.0 Å².